The monoisotopic (exact) mass is 248 g/mol. The zero-order chi connectivity index (χ0) is 13.1. The van der Waals surface area contributed by atoms with Gasteiger partial charge in [-0.2, -0.15) is 5.26 Å². The SMILES string of the molecule is N#Cc1cccc(C(c2ccccc2)N2CCC2)c1. The summed E-state index contributed by atoms with van der Waals surface area (Å²) in [4.78, 5) is 2.46. The third-order valence-corrected chi connectivity index (χ3v) is 3.70. The van der Waals surface area contributed by atoms with Crippen molar-refractivity contribution in [2.24, 2.45) is 0 Å². The van der Waals surface area contributed by atoms with E-state index in [0.717, 1.165) is 18.7 Å². The van der Waals surface area contributed by atoms with Gasteiger partial charge in [-0.1, -0.05) is 42.5 Å². The van der Waals surface area contributed by atoms with Gasteiger partial charge in [0.15, 0.2) is 0 Å². The number of likely N-dealkylation sites (tertiary alicyclic amines) is 1. The molecule has 0 saturated carbocycles. The van der Waals surface area contributed by atoms with Gasteiger partial charge in [-0.05, 0) is 29.7 Å². The molecule has 0 aliphatic carbocycles. The summed E-state index contributed by atoms with van der Waals surface area (Å²) in [7, 11) is 0. The highest BCUT2D eigenvalue weighted by Crippen LogP contribution is 2.32. The fraction of sp³-hybridized carbons (Fsp3) is 0.235. The van der Waals surface area contributed by atoms with Crippen LogP contribution in [0.5, 0.6) is 0 Å². The predicted molar refractivity (Wildman–Crippen MR) is 75.6 cm³/mol. The summed E-state index contributed by atoms with van der Waals surface area (Å²) in [6, 6.07) is 21.0. The number of nitrogens with zero attached hydrogens (tertiary/aromatic N) is 2. The first-order valence-electron chi connectivity index (χ1n) is 6.67. The van der Waals surface area contributed by atoms with E-state index in [1.54, 1.807) is 0 Å². The van der Waals surface area contributed by atoms with Crippen molar-refractivity contribution in [2.45, 2.75) is 12.5 Å². The van der Waals surface area contributed by atoms with Crippen LogP contribution in [0.15, 0.2) is 54.6 Å². The Labute approximate surface area is 113 Å². The molecule has 1 saturated heterocycles. The van der Waals surface area contributed by atoms with E-state index < -0.39 is 0 Å². The second kappa shape index (κ2) is 5.26. The Morgan fingerprint density at radius 3 is 2.32 bits per heavy atom. The van der Waals surface area contributed by atoms with E-state index in [1.165, 1.54) is 17.5 Å². The minimum absolute atomic E-state index is 0.281. The third kappa shape index (κ3) is 2.38. The van der Waals surface area contributed by atoms with Crippen molar-refractivity contribution in [1.82, 2.24) is 4.90 Å². The smallest absolute Gasteiger partial charge is 0.0991 e. The Kier molecular flexibility index (Phi) is 3.31. The van der Waals surface area contributed by atoms with E-state index in [2.05, 4.69) is 41.3 Å². The molecule has 1 atom stereocenters. The lowest BCUT2D eigenvalue weighted by Gasteiger charge is -2.39. The molecule has 1 fully saturated rings. The summed E-state index contributed by atoms with van der Waals surface area (Å²) in [5, 5.41) is 9.06. The fourth-order valence-corrected chi connectivity index (χ4v) is 2.63. The number of hydrogen-bond donors (Lipinski definition) is 0. The molecule has 1 aliphatic rings. The van der Waals surface area contributed by atoms with Gasteiger partial charge in [0.2, 0.25) is 0 Å². The van der Waals surface area contributed by atoms with Gasteiger partial charge in [-0.15, -0.1) is 0 Å². The zero-order valence-electron chi connectivity index (χ0n) is 10.8. The van der Waals surface area contributed by atoms with Gasteiger partial charge in [0.1, 0.15) is 0 Å². The van der Waals surface area contributed by atoms with Crippen molar-refractivity contribution in [1.29, 1.82) is 5.26 Å². The maximum atomic E-state index is 9.06. The molecule has 2 aromatic carbocycles. The fourth-order valence-electron chi connectivity index (χ4n) is 2.63. The molecule has 0 amide bonds. The first-order valence-corrected chi connectivity index (χ1v) is 6.67. The molecular formula is C17H16N2. The standard InChI is InChI=1S/C17H16N2/c18-13-14-6-4-9-16(12-14)17(19-10-5-11-19)15-7-2-1-3-8-15/h1-4,6-9,12,17H,5,10-11H2. The van der Waals surface area contributed by atoms with Crippen LogP contribution in [0.3, 0.4) is 0 Å². The predicted octanol–water partition coefficient (Wildman–Crippen LogP) is 3.35. The minimum atomic E-state index is 0.281. The lowest BCUT2D eigenvalue weighted by atomic mass is 9.93. The Morgan fingerprint density at radius 2 is 1.68 bits per heavy atom. The van der Waals surface area contributed by atoms with Crippen molar-refractivity contribution in [3.63, 3.8) is 0 Å². The van der Waals surface area contributed by atoms with Crippen LogP contribution < -0.4 is 0 Å². The molecule has 0 bridgehead atoms. The van der Waals surface area contributed by atoms with E-state index >= 15 is 0 Å². The van der Waals surface area contributed by atoms with E-state index in [1.807, 2.05) is 24.3 Å². The van der Waals surface area contributed by atoms with Gasteiger partial charge in [-0.25, -0.2) is 0 Å². The third-order valence-electron chi connectivity index (χ3n) is 3.70. The van der Waals surface area contributed by atoms with Gasteiger partial charge in [0, 0.05) is 13.1 Å². The average Bonchev–Trinajstić information content (AvgIpc) is 2.43. The highest BCUT2D eigenvalue weighted by molar-refractivity contribution is 5.38. The number of nitriles is 1. The molecule has 2 heteroatoms. The van der Waals surface area contributed by atoms with Gasteiger partial charge in [-0.3, -0.25) is 4.90 Å². The largest absolute Gasteiger partial charge is 0.292 e. The molecular weight excluding hydrogens is 232 g/mol. The van der Waals surface area contributed by atoms with Crippen LogP contribution in [-0.4, -0.2) is 18.0 Å². The highest BCUT2D eigenvalue weighted by atomic mass is 15.2. The lowest BCUT2D eigenvalue weighted by Crippen LogP contribution is -2.40. The van der Waals surface area contributed by atoms with E-state index in [-0.39, 0.29) is 6.04 Å². The molecule has 2 aromatic rings. The second-order valence-corrected chi connectivity index (χ2v) is 4.94. The van der Waals surface area contributed by atoms with Crippen molar-refractivity contribution in [2.75, 3.05) is 13.1 Å². The molecule has 2 nitrogen and oxygen atoms in total. The number of hydrogen-bond acceptors (Lipinski definition) is 2. The van der Waals surface area contributed by atoms with Gasteiger partial charge >= 0.3 is 0 Å². The first kappa shape index (κ1) is 12.0. The Balaban J connectivity index is 2.02. The van der Waals surface area contributed by atoms with Crippen LogP contribution in [0.25, 0.3) is 0 Å². The number of rotatable bonds is 3. The maximum Gasteiger partial charge on any atom is 0.0991 e. The second-order valence-electron chi connectivity index (χ2n) is 4.94. The minimum Gasteiger partial charge on any atom is -0.292 e. The molecule has 0 spiro atoms. The topological polar surface area (TPSA) is 27.0 Å². The Hall–Kier alpha value is -2.11. The van der Waals surface area contributed by atoms with Crippen LogP contribution >= 0.6 is 0 Å². The Morgan fingerprint density at radius 1 is 0.947 bits per heavy atom. The van der Waals surface area contributed by atoms with Crippen molar-refractivity contribution >= 4 is 0 Å². The van der Waals surface area contributed by atoms with Crippen molar-refractivity contribution in [3.05, 3.63) is 71.3 Å². The molecule has 0 radical (unpaired) electrons. The lowest BCUT2D eigenvalue weighted by molar-refractivity contribution is 0.140. The summed E-state index contributed by atoms with van der Waals surface area (Å²) in [6.07, 6.45) is 1.27. The molecule has 3 rings (SSSR count). The van der Waals surface area contributed by atoms with E-state index in [9.17, 15) is 0 Å². The van der Waals surface area contributed by atoms with Crippen molar-refractivity contribution in [3.8, 4) is 6.07 Å². The summed E-state index contributed by atoms with van der Waals surface area (Å²) in [5.41, 5.74) is 3.25. The summed E-state index contributed by atoms with van der Waals surface area (Å²) in [6.45, 7) is 2.27. The molecule has 0 aromatic heterocycles. The summed E-state index contributed by atoms with van der Waals surface area (Å²) in [5.74, 6) is 0. The summed E-state index contributed by atoms with van der Waals surface area (Å²) >= 11 is 0. The van der Waals surface area contributed by atoms with Crippen LogP contribution in [0.1, 0.15) is 29.2 Å². The quantitative estimate of drug-likeness (QED) is 0.833. The molecule has 1 heterocycles. The van der Waals surface area contributed by atoms with Gasteiger partial charge in [0.05, 0.1) is 17.7 Å². The normalized spacial score (nSPS) is 16.4. The molecule has 1 unspecified atom stereocenters. The van der Waals surface area contributed by atoms with Crippen LogP contribution in [0.2, 0.25) is 0 Å². The van der Waals surface area contributed by atoms with Crippen LogP contribution in [-0.2, 0) is 0 Å². The number of benzene rings is 2. The maximum absolute atomic E-state index is 9.06. The van der Waals surface area contributed by atoms with Crippen LogP contribution in [0.4, 0.5) is 0 Å². The zero-order valence-corrected chi connectivity index (χ0v) is 10.8. The molecule has 1 aliphatic heterocycles. The highest BCUT2D eigenvalue weighted by Gasteiger charge is 2.26. The van der Waals surface area contributed by atoms with Gasteiger partial charge < -0.3 is 0 Å². The van der Waals surface area contributed by atoms with E-state index in [0.29, 0.717) is 0 Å². The molecule has 0 N–H and O–H groups in total. The van der Waals surface area contributed by atoms with E-state index in [4.69, 9.17) is 5.26 Å². The first-order chi connectivity index (χ1) is 9.38. The average molecular weight is 248 g/mol. The van der Waals surface area contributed by atoms with Gasteiger partial charge in [0.25, 0.3) is 0 Å². The van der Waals surface area contributed by atoms with Crippen LogP contribution in [0, 0.1) is 11.3 Å². The molecule has 19 heavy (non-hydrogen) atoms. The molecule has 94 valence electrons. The van der Waals surface area contributed by atoms with Crippen molar-refractivity contribution < 1.29 is 0 Å². The Bertz CT molecular complexity index is 594. The summed E-state index contributed by atoms with van der Waals surface area (Å²) < 4.78 is 0.